The van der Waals surface area contributed by atoms with Gasteiger partial charge in [-0.25, -0.2) is 4.79 Å². The fraction of sp³-hybridized carbons (Fsp3) is 0.214. The van der Waals surface area contributed by atoms with Gasteiger partial charge in [0, 0.05) is 18.3 Å². The largest absolute Gasteiger partial charge is 0.477 e. The second kappa shape index (κ2) is 7.34. The minimum Gasteiger partial charge on any atom is -0.477 e. The topological polar surface area (TPSA) is 93.5 Å². The number of carboxylic acids is 1. The summed E-state index contributed by atoms with van der Waals surface area (Å²) < 4.78 is 29.4. The lowest BCUT2D eigenvalue weighted by Crippen LogP contribution is -2.17. The Kier molecular flexibility index (Phi) is 5.23. The van der Waals surface area contributed by atoms with Gasteiger partial charge in [0.15, 0.2) is 0 Å². The summed E-state index contributed by atoms with van der Waals surface area (Å²) >= 11 is 0. The number of aryl methyl sites for hydroxylation is 1. The van der Waals surface area contributed by atoms with Crippen LogP contribution >= 0.6 is 0 Å². The molecule has 23 heavy (non-hydrogen) atoms. The zero-order valence-electron chi connectivity index (χ0n) is 11.8. The van der Waals surface area contributed by atoms with Crippen molar-refractivity contribution in [2.45, 2.75) is 19.6 Å². The van der Waals surface area contributed by atoms with Crippen LogP contribution in [0.1, 0.15) is 16.9 Å². The van der Waals surface area contributed by atoms with Crippen LogP contribution in [0.25, 0.3) is 0 Å². The molecule has 1 heterocycles. The summed E-state index contributed by atoms with van der Waals surface area (Å²) in [6, 6.07) is 6.79. The van der Waals surface area contributed by atoms with Gasteiger partial charge in [-0.2, -0.15) is 13.9 Å². The smallest absolute Gasteiger partial charge is 0.387 e. The molecular weight excluding hydrogens is 312 g/mol. The fourth-order valence-corrected chi connectivity index (χ4v) is 1.84. The third-order valence-electron chi connectivity index (χ3n) is 2.85. The van der Waals surface area contributed by atoms with Crippen molar-refractivity contribution in [2.75, 3.05) is 5.32 Å². The van der Waals surface area contributed by atoms with Crippen LogP contribution in [0.4, 0.5) is 14.5 Å². The highest BCUT2D eigenvalue weighted by molar-refractivity contribution is 5.90. The molecule has 0 aliphatic heterocycles. The number of nitrogens with zero attached hydrogens (tertiary/aromatic N) is 2. The van der Waals surface area contributed by atoms with Crippen LogP contribution in [-0.2, 0) is 11.3 Å². The molecule has 0 spiro atoms. The van der Waals surface area contributed by atoms with Gasteiger partial charge < -0.3 is 15.2 Å². The van der Waals surface area contributed by atoms with Crippen LogP contribution in [0.5, 0.6) is 5.75 Å². The number of hydrogen-bond acceptors (Lipinski definition) is 4. The first-order valence-corrected chi connectivity index (χ1v) is 6.55. The number of alkyl halides is 2. The standard InChI is InChI=1S/C14H13F2N3O4/c15-14(16)23-10-3-1-9(2-4-10)18-12(20)6-8-19-11(13(21)22)5-7-17-19/h1-5,7,14H,6,8H2,(H,18,20)(H,21,22). The van der Waals surface area contributed by atoms with Crippen LogP contribution in [0.15, 0.2) is 36.5 Å². The number of anilines is 1. The highest BCUT2D eigenvalue weighted by Crippen LogP contribution is 2.17. The van der Waals surface area contributed by atoms with Gasteiger partial charge >= 0.3 is 12.6 Å². The predicted molar refractivity (Wildman–Crippen MR) is 75.5 cm³/mol. The first kappa shape index (κ1) is 16.4. The lowest BCUT2D eigenvalue weighted by atomic mass is 10.3. The van der Waals surface area contributed by atoms with E-state index in [1.165, 1.54) is 41.2 Å². The van der Waals surface area contributed by atoms with Gasteiger partial charge in [0.1, 0.15) is 11.4 Å². The number of aromatic carboxylic acids is 1. The summed E-state index contributed by atoms with van der Waals surface area (Å²) in [6.07, 6.45) is 1.35. The normalized spacial score (nSPS) is 10.6. The van der Waals surface area contributed by atoms with E-state index in [2.05, 4.69) is 15.2 Å². The quantitative estimate of drug-likeness (QED) is 0.814. The van der Waals surface area contributed by atoms with Gasteiger partial charge in [0.05, 0.1) is 6.54 Å². The van der Waals surface area contributed by atoms with E-state index in [1.807, 2.05) is 0 Å². The van der Waals surface area contributed by atoms with Gasteiger partial charge in [-0.05, 0) is 30.3 Å². The zero-order valence-corrected chi connectivity index (χ0v) is 11.8. The molecule has 1 aromatic heterocycles. The molecule has 2 N–H and O–H groups in total. The molecule has 0 unspecified atom stereocenters. The van der Waals surface area contributed by atoms with E-state index in [4.69, 9.17) is 5.11 Å². The highest BCUT2D eigenvalue weighted by Gasteiger charge is 2.11. The second-order valence-electron chi connectivity index (χ2n) is 4.45. The predicted octanol–water partition coefficient (Wildman–Crippen LogP) is 2.21. The number of aromatic nitrogens is 2. The summed E-state index contributed by atoms with van der Waals surface area (Å²) in [5, 5.41) is 15.3. The molecule has 2 rings (SSSR count). The number of hydrogen-bond donors (Lipinski definition) is 2. The first-order chi connectivity index (χ1) is 11.0. The summed E-state index contributed by atoms with van der Waals surface area (Å²) in [7, 11) is 0. The highest BCUT2D eigenvalue weighted by atomic mass is 19.3. The van der Waals surface area contributed by atoms with Crippen LogP contribution in [0.2, 0.25) is 0 Å². The van der Waals surface area contributed by atoms with E-state index < -0.39 is 12.6 Å². The molecule has 0 fully saturated rings. The Hall–Kier alpha value is -2.97. The molecule has 2 aromatic rings. The maximum Gasteiger partial charge on any atom is 0.387 e. The Morgan fingerprint density at radius 1 is 1.26 bits per heavy atom. The van der Waals surface area contributed by atoms with E-state index in [1.54, 1.807) is 0 Å². The molecule has 0 saturated heterocycles. The monoisotopic (exact) mass is 325 g/mol. The number of carbonyl (C=O) groups is 2. The third kappa shape index (κ3) is 4.77. The van der Waals surface area contributed by atoms with Crippen molar-refractivity contribution in [3.05, 3.63) is 42.2 Å². The molecule has 1 amide bonds. The number of halogens is 2. The van der Waals surface area contributed by atoms with Gasteiger partial charge in [-0.15, -0.1) is 0 Å². The van der Waals surface area contributed by atoms with Crippen LogP contribution in [-0.4, -0.2) is 33.4 Å². The number of carbonyl (C=O) groups excluding carboxylic acids is 1. The molecule has 1 aromatic carbocycles. The maximum atomic E-state index is 12.0. The molecule has 0 aliphatic carbocycles. The van der Waals surface area contributed by atoms with E-state index >= 15 is 0 Å². The van der Waals surface area contributed by atoms with E-state index in [-0.39, 0.29) is 30.3 Å². The second-order valence-corrected chi connectivity index (χ2v) is 4.45. The van der Waals surface area contributed by atoms with Crippen molar-refractivity contribution in [3.8, 4) is 5.75 Å². The lowest BCUT2D eigenvalue weighted by Gasteiger charge is -2.08. The molecular formula is C14H13F2N3O4. The number of rotatable bonds is 7. The summed E-state index contributed by atoms with van der Waals surface area (Å²) in [5.41, 5.74) is 0.404. The Morgan fingerprint density at radius 2 is 1.96 bits per heavy atom. The molecule has 7 nitrogen and oxygen atoms in total. The average Bonchev–Trinajstić information content (AvgIpc) is 2.95. The van der Waals surface area contributed by atoms with Gasteiger partial charge in [0.25, 0.3) is 0 Å². The molecule has 0 aliphatic rings. The van der Waals surface area contributed by atoms with Crippen molar-refractivity contribution in [2.24, 2.45) is 0 Å². The molecule has 0 saturated carbocycles. The van der Waals surface area contributed by atoms with Crippen molar-refractivity contribution < 1.29 is 28.2 Å². The van der Waals surface area contributed by atoms with Crippen molar-refractivity contribution in [1.29, 1.82) is 0 Å². The molecule has 9 heteroatoms. The zero-order chi connectivity index (χ0) is 16.8. The van der Waals surface area contributed by atoms with Gasteiger partial charge in [-0.1, -0.05) is 0 Å². The van der Waals surface area contributed by atoms with Crippen LogP contribution in [0.3, 0.4) is 0 Å². The number of ether oxygens (including phenoxy) is 1. The summed E-state index contributed by atoms with van der Waals surface area (Å²) in [5.74, 6) is -1.50. The minimum absolute atomic E-state index is 0.00805. The number of benzene rings is 1. The first-order valence-electron chi connectivity index (χ1n) is 6.55. The van der Waals surface area contributed by atoms with Crippen molar-refractivity contribution in [3.63, 3.8) is 0 Å². The SMILES string of the molecule is O=C(CCn1nccc1C(=O)O)Nc1ccc(OC(F)F)cc1. The maximum absolute atomic E-state index is 12.0. The molecule has 0 radical (unpaired) electrons. The Labute approximate surface area is 129 Å². The number of carboxylic acid groups (broad SMARTS) is 1. The number of amides is 1. The van der Waals surface area contributed by atoms with Crippen LogP contribution in [0, 0.1) is 0 Å². The summed E-state index contributed by atoms with van der Waals surface area (Å²) in [4.78, 5) is 22.7. The average molecular weight is 325 g/mol. The minimum atomic E-state index is -2.91. The van der Waals surface area contributed by atoms with Gasteiger partial charge in [-0.3, -0.25) is 9.48 Å². The van der Waals surface area contributed by atoms with Gasteiger partial charge in [0.2, 0.25) is 5.91 Å². The molecule has 122 valence electrons. The van der Waals surface area contributed by atoms with E-state index in [9.17, 15) is 18.4 Å². The lowest BCUT2D eigenvalue weighted by molar-refractivity contribution is -0.116. The fourth-order valence-electron chi connectivity index (χ4n) is 1.84. The van der Waals surface area contributed by atoms with E-state index in [0.717, 1.165) is 0 Å². The summed E-state index contributed by atoms with van der Waals surface area (Å²) in [6.45, 7) is -2.81. The van der Waals surface area contributed by atoms with Crippen molar-refractivity contribution in [1.82, 2.24) is 9.78 Å². The Morgan fingerprint density at radius 3 is 2.57 bits per heavy atom. The molecule has 0 atom stereocenters. The Bertz CT molecular complexity index is 686. The Balaban J connectivity index is 1.87. The van der Waals surface area contributed by atoms with Crippen molar-refractivity contribution >= 4 is 17.6 Å². The number of nitrogens with one attached hydrogen (secondary N) is 1. The van der Waals surface area contributed by atoms with E-state index in [0.29, 0.717) is 5.69 Å². The third-order valence-corrected chi connectivity index (χ3v) is 2.85. The molecule has 0 bridgehead atoms. The van der Waals surface area contributed by atoms with Crippen LogP contribution < -0.4 is 10.1 Å².